The van der Waals surface area contributed by atoms with Gasteiger partial charge in [0.05, 0.1) is 11.8 Å². The summed E-state index contributed by atoms with van der Waals surface area (Å²) in [5.74, 6) is -0.123. The van der Waals surface area contributed by atoms with E-state index >= 15 is 0 Å². The highest BCUT2D eigenvalue weighted by molar-refractivity contribution is 5.98. The molecule has 5 heteroatoms. The first-order valence-corrected chi connectivity index (χ1v) is 7.61. The third kappa shape index (κ3) is 3.93. The number of anilines is 1. The minimum atomic E-state index is -0.474. The van der Waals surface area contributed by atoms with Crippen LogP contribution in [-0.2, 0) is 0 Å². The number of pyridine rings is 1. The summed E-state index contributed by atoms with van der Waals surface area (Å²) in [4.78, 5) is 18.5. The Balaban J connectivity index is 2.16. The largest absolute Gasteiger partial charge is 0.369 e. The topological polar surface area (TPSA) is 45.2 Å². The zero-order chi connectivity index (χ0) is 15.5. The highest BCUT2D eigenvalue weighted by Crippen LogP contribution is 2.30. The number of likely N-dealkylation sites (tertiary alicyclic amines) is 1. The molecule has 1 aromatic rings. The normalized spacial score (nSPS) is 17.6. The molecule has 0 spiro atoms. The van der Waals surface area contributed by atoms with Crippen molar-refractivity contribution in [2.75, 3.05) is 25.0 Å². The Morgan fingerprint density at radius 1 is 1.43 bits per heavy atom. The molecule has 1 saturated heterocycles. The fourth-order valence-corrected chi connectivity index (χ4v) is 2.47. The molecule has 1 aliphatic rings. The molecule has 0 atom stereocenters. The second kappa shape index (κ2) is 6.41. The average Bonchev–Trinajstić information content (AvgIpc) is 2.45. The van der Waals surface area contributed by atoms with E-state index < -0.39 is 5.82 Å². The van der Waals surface area contributed by atoms with Gasteiger partial charge in [-0.1, -0.05) is 20.8 Å². The Kier molecular flexibility index (Phi) is 4.80. The first-order valence-electron chi connectivity index (χ1n) is 7.61. The lowest BCUT2D eigenvalue weighted by atomic mass is 9.82. The van der Waals surface area contributed by atoms with Gasteiger partial charge in [0, 0.05) is 19.6 Å². The van der Waals surface area contributed by atoms with Crippen molar-refractivity contribution < 1.29 is 9.18 Å². The van der Waals surface area contributed by atoms with Crippen LogP contribution >= 0.6 is 0 Å². The van der Waals surface area contributed by atoms with Crippen molar-refractivity contribution in [3.63, 3.8) is 0 Å². The molecule has 1 fully saturated rings. The van der Waals surface area contributed by atoms with Crippen LogP contribution in [0.15, 0.2) is 12.3 Å². The molecule has 1 N–H and O–H groups in total. The Morgan fingerprint density at radius 3 is 2.71 bits per heavy atom. The van der Waals surface area contributed by atoms with Gasteiger partial charge in [-0.25, -0.2) is 9.37 Å². The van der Waals surface area contributed by atoms with Crippen LogP contribution < -0.4 is 5.32 Å². The summed E-state index contributed by atoms with van der Waals surface area (Å²) in [6.07, 6.45) is 4.01. The van der Waals surface area contributed by atoms with Crippen LogP contribution in [-0.4, -0.2) is 35.4 Å². The maximum Gasteiger partial charge on any atom is 0.257 e. The second-order valence-corrected chi connectivity index (χ2v) is 6.43. The van der Waals surface area contributed by atoms with E-state index in [0.717, 1.165) is 38.5 Å². The number of rotatable bonds is 4. The average molecular weight is 293 g/mol. The number of nitrogens with one attached hydrogen (secondary N) is 1. The smallest absolute Gasteiger partial charge is 0.257 e. The van der Waals surface area contributed by atoms with Crippen molar-refractivity contribution >= 4 is 11.7 Å². The molecule has 1 amide bonds. The molecule has 0 saturated carbocycles. The lowest BCUT2D eigenvalue weighted by Crippen LogP contribution is -2.41. The predicted octanol–water partition coefficient (Wildman–Crippen LogP) is 3.30. The van der Waals surface area contributed by atoms with Gasteiger partial charge in [0.2, 0.25) is 0 Å². The summed E-state index contributed by atoms with van der Waals surface area (Å²) in [6.45, 7) is 8.61. The molecule has 0 unspecified atom stereocenters. The molecular formula is C16H24FN3O. The van der Waals surface area contributed by atoms with Gasteiger partial charge in [-0.15, -0.1) is 0 Å². The number of carbonyl (C=O) groups is 1. The van der Waals surface area contributed by atoms with Crippen LogP contribution in [0.5, 0.6) is 0 Å². The number of hydrogen-bond acceptors (Lipinski definition) is 3. The maximum atomic E-state index is 13.5. The Morgan fingerprint density at radius 2 is 2.10 bits per heavy atom. The standard InChI is InChI=1S/C16H24FN3O/c1-4-7-18-14-13(10-12(17)11-19-14)15(21)20-8-5-16(2,3)6-9-20/h10-11H,4-9H2,1-3H3,(H,18,19). The summed E-state index contributed by atoms with van der Waals surface area (Å²) >= 11 is 0. The summed E-state index contributed by atoms with van der Waals surface area (Å²) < 4.78 is 13.5. The molecule has 0 bridgehead atoms. The molecule has 1 aliphatic heterocycles. The molecule has 0 radical (unpaired) electrons. The highest BCUT2D eigenvalue weighted by Gasteiger charge is 2.29. The molecule has 4 nitrogen and oxygen atoms in total. The van der Waals surface area contributed by atoms with Crippen LogP contribution in [0.4, 0.5) is 10.2 Å². The van der Waals surface area contributed by atoms with Crippen LogP contribution in [0.25, 0.3) is 0 Å². The minimum Gasteiger partial charge on any atom is -0.369 e. The minimum absolute atomic E-state index is 0.129. The van der Waals surface area contributed by atoms with Crippen LogP contribution in [0.2, 0.25) is 0 Å². The van der Waals surface area contributed by atoms with Crippen LogP contribution in [0.3, 0.4) is 0 Å². The molecule has 0 aliphatic carbocycles. The van der Waals surface area contributed by atoms with Crippen LogP contribution in [0, 0.1) is 11.2 Å². The Labute approximate surface area is 125 Å². The fraction of sp³-hybridized carbons (Fsp3) is 0.625. The quantitative estimate of drug-likeness (QED) is 0.926. The van der Waals surface area contributed by atoms with E-state index in [1.807, 2.05) is 6.92 Å². The molecule has 21 heavy (non-hydrogen) atoms. The van der Waals surface area contributed by atoms with Gasteiger partial charge < -0.3 is 10.2 Å². The number of piperidine rings is 1. The summed E-state index contributed by atoms with van der Waals surface area (Å²) in [7, 11) is 0. The summed E-state index contributed by atoms with van der Waals surface area (Å²) in [5.41, 5.74) is 0.614. The van der Waals surface area contributed by atoms with Gasteiger partial charge in [0.15, 0.2) is 0 Å². The first-order chi connectivity index (χ1) is 9.93. The van der Waals surface area contributed by atoms with Crippen molar-refractivity contribution in [1.82, 2.24) is 9.88 Å². The van der Waals surface area contributed by atoms with Gasteiger partial charge in [-0.05, 0) is 30.7 Å². The van der Waals surface area contributed by atoms with E-state index in [2.05, 4.69) is 24.1 Å². The lowest BCUT2D eigenvalue weighted by Gasteiger charge is -2.37. The van der Waals surface area contributed by atoms with Gasteiger partial charge in [0.1, 0.15) is 11.6 Å². The highest BCUT2D eigenvalue weighted by atomic mass is 19.1. The van der Waals surface area contributed by atoms with E-state index in [9.17, 15) is 9.18 Å². The molecule has 116 valence electrons. The maximum absolute atomic E-state index is 13.5. The van der Waals surface area contributed by atoms with Crippen molar-refractivity contribution in [2.24, 2.45) is 5.41 Å². The van der Waals surface area contributed by atoms with Gasteiger partial charge in [-0.2, -0.15) is 0 Å². The number of carbonyl (C=O) groups excluding carboxylic acids is 1. The predicted molar refractivity (Wildman–Crippen MR) is 81.9 cm³/mol. The van der Waals surface area contributed by atoms with Gasteiger partial charge in [0.25, 0.3) is 5.91 Å². The van der Waals surface area contributed by atoms with Crippen molar-refractivity contribution in [1.29, 1.82) is 0 Å². The summed E-state index contributed by atoms with van der Waals surface area (Å²) in [5, 5.41) is 3.10. The number of nitrogens with zero attached hydrogens (tertiary/aromatic N) is 2. The van der Waals surface area contributed by atoms with Gasteiger partial charge >= 0.3 is 0 Å². The van der Waals surface area contributed by atoms with E-state index in [1.165, 1.54) is 6.07 Å². The van der Waals surface area contributed by atoms with Gasteiger partial charge in [-0.3, -0.25) is 4.79 Å². The van der Waals surface area contributed by atoms with Crippen LogP contribution in [0.1, 0.15) is 50.4 Å². The Bertz CT molecular complexity index is 506. The zero-order valence-corrected chi connectivity index (χ0v) is 13.1. The fourth-order valence-electron chi connectivity index (χ4n) is 2.47. The molecule has 2 rings (SSSR count). The third-order valence-electron chi connectivity index (χ3n) is 4.03. The zero-order valence-electron chi connectivity index (χ0n) is 13.1. The Hall–Kier alpha value is -1.65. The van der Waals surface area contributed by atoms with E-state index in [0.29, 0.717) is 17.9 Å². The third-order valence-corrected chi connectivity index (χ3v) is 4.03. The van der Waals surface area contributed by atoms with E-state index in [-0.39, 0.29) is 11.3 Å². The second-order valence-electron chi connectivity index (χ2n) is 6.43. The number of halogens is 1. The first kappa shape index (κ1) is 15.7. The van der Waals surface area contributed by atoms with E-state index in [4.69, 9.17) is 0 Å². The monoisotopic (exact) mass is 293 g/mol. The van der Waals surface area contributed by atoms with Crippen molar-refractivity contribution in [3.8, 4) is 0 Å². The number of amides is 1. The molecular weight excluding hydrogens is 269 g/mol. The van der Waals surface area contributed by atoms with Crippen molar-refractivity contribution in [2.45, 2.75) is 40.0 Å². The summed E-state index contributed by atoms with van der Waals surface area (Å²) in [6, 6.07) is 1.28. The molecule has 1 aromatic heterocycles. The number of aromatic nitrogens is 1. The van der Waals surface area contributed by atoms with Crippen molar-refractivity contribution in [3.05, 3.63) is 23.6 Å². The molecule has 2 heterocycles. The lowest BCUT2D eigenvalue weighted by molar-refractivity contribution is 0.0630. The molecule has 0 aromatic carbocycles. The number of hydrogen-bond donors (Lipinski definition) is 1. The van der Waals surface area contributed by atoms with E-state index in [1.54, 1.807) is 4.90 Å². The SMILES string of the molecule is CCCNc1ncc(F)cc1C(=O)N1CCC(C)(C)CC1.